The molecule has 0 amide bonds. The summed E-state index contributed by atoms with van der Waals surface area (Å²) in [7, 11) is -7.28. The number of halogens is 1. The summed E-state index contributed by atoms with van der Waals surface area (Å²) < 4.78 is 57.2. The summed E-state index contributed by atoms with van der Waals surface area (Å²) in [6.45, 7) is 2.54. The van der Waals surface area contributed by atoms with Crippen molar-refractivity contribution in [1.29, 1.82) is 0 Å². The minimum atomic E-state index is -3.79. The van der Waals surface area contributed by atoms with Crippen molar-refractivity contribution in [3.8, 4) is 0 Å². The Hall–Kier alpha value is -1.91. The lowest BCUT2D eigenvalue weighted by Gasteiger charge is -2.21. The number of fused-ring (bicyclic) bond motifs is 1. The third-order valence-corrected chi connectivity index (χ3v) is 8.57. The molecule has 3 aromatic rings. The molecule has 4 rings (SSSR count). The Morgan fingerprint density at radius 1 is 0.935 bits per heavy atom. The van der Waals surface area contributed by atoms with Gasteiger partial charge in [-0.05, 0) is 55.4 Å². The summed E-state index contributed by atoms with van der Waals surface area (Å²) in [5, 5.41) is 1.59. The van der Waals surface area contributed by atoms with E-state index in [0.717, 1.165) is 29.5 Å². The van der Waals surface area contributed by atoms with E-state index in [1.54, 1.807) is 6.07 Å². The van der Waals surface area contributed by atoms with Crippen molar-refractivity contribution in [2.24, 2.45) is 0 Å². The van der Waals surface area contributed by atoms with Crippen LogP contribution >= 0.6 is 11.6 Å². The van der Waals surface area contributed by atoms with E-state index in [4.69, 9.17) is 16.0 Å². The maximum Gasteiger partial charge on any atom is 0.243 e. The van der Waals surface area contributed by atoms with Crippen molar-refractivity contribution in [2.45, 2.75) is 22.8 Å². The molecule has 0 aliphatic carbocycles. The number of furan rings is 1. The van der Waals surface area contributed by atoms with Gasteiger partial charge in [0.15, 0.2) is 9.84 Å². The lowest BCUT2D eigenvalue weighted by atomic mass is 10.2. The van der Waals surface area contributed by atoms with Crippen molar-refractivity contribution in [3.63, 3.8) is 0 Å². The van der Waals surface area contributed by atoms with Crippen LogP contribution in [0.25, 0.3) is 11.0 Å². The van der Waals surface area contributed by atoms with E-state index in [0.29, 0.717) is 37.6 Å². The molecule has 31 heavy (non-hydrogen) atoms. The molecule has 1 aliphatic rings. The Morgan fingerprint density at radius 2 is 1.71 bits per heavy atom. The zero-order valence-corrected chi connectivity index (χ0v) is 19.4. The van der Waals surface area contributed by atoms with Crippen molar-refractivity contribution in [1.82, 2.24) is 9.21 Å². The van der Waals surface area contributed by atoms with E-state index in [9.17, 15) is 16.8 Å². The first-order valence-electron chi connectivity index (χ1n) is 9.83. The number of rotatable bonds is 5. The first-order chi connectivity index (χ1) is 14.6. The van der Waals surface area contributed by atoms with Crippen LogP contribution in [0.5, 0.6) is 0 Å². The van der Waals surface area contributed by atoms with Crippen molar-refractivity contribution in [2.75, 3.05) is 32.4 Å². The summed E-state index contributed by atoms with van der Waals surface area (Å²) in [4.78, 5) is 2.15. The molecule has 1 aromatic heterocycles. The highest BCUT2D eigenvalue weighted by atomic mass is 35.5. The molecule has 2 aromatic carbocycles. The molecule has 0 atom stereocenters. The highest BCUT2D eigenvalue weighted by Crippen LogP contribution is 2.25. The molecule has 2 heterocycles. The molecule has 0 radical (unpaired) electrons. The Balaban J connectivity index is 1.48. The van der Waals surface area contributed by atoms with Crippen LogP contribution in [0.2, 0.25) is 5.02 Å². The van der Waals surface area contributed by atoms with Gasteiger partial charge in [-0.3, -0.25) is 4.90 Å². The Morgan fingerprint density at radius 3 is 2.48 bits per heavy atom. The van der Waals surface area contributed by atoms with Gasteiger partial charge in [-0.2, -0.15) is 4.31 Å². The Bertz CT molecular complexity index is 1320. The van der Waals surface area contributed by atoms with Gasteiger partial charge in [0.05, 0.1) is 16.3 Å². The van der Waals surface area contributed by atoms with Crippen LogP contribution in [0.15, 0.2) is 62.7 Å². The average molecular weight is 483 g/mol. The van der Waals surface area contributed by atoms with Crippen LogP contribution in [0.4, 0.5) is 0 Å². The van der Waals surface area contributed by atoms with E-state index in [-0.39, 0.29) is 9.79 Å². The van der Waals surface area contributed by atoms with Gasteiger partial charge in [0, 0.05) is 36.3 Å². The third-order valence-electron chi connectivity index (χ3n) is 5.33. The van der Waals surface area contributed by atoms with E-state index in [1.165, 1.54) is 28.6 Å². The molecule has 1 aliphatic heterocycles. The molecule has 1 saturated heterocycles. The first kappa shape index (κ1) is 22.3. The summed E-state index contributed by atoms with van der Waals surface area (Å²) >= 11 is 6.04. The van der Waals surface area contributed by atoms with Gasteiger partial charge in [-0.1, -0.05) is 17.7 Å². The molecule has 166 valence electrons. The van der Waals surface area contributed by atoms with Crippen LogP contribution in [0, 0.1) is 0 Å². The number of sulfonamides is 1. The second kappa shape index (κ2) is 8.55. The number of sulfone groups is 1. The summed E-state index contributed by atoms with van der Waals surface area (Å²) in [6.07, 6.45) is 1.73. The monoisotopic (exact) mass is 482 g/mol. The van der Waals surface area contributed by atoms with Crippen LogP contribution in [-0.2, 0) is 26.4 Å². The minimum Gasteiger partial charge on any atom is -0.460 e. The summed E-state index contributed by atoms with van der Waals surface area (Å²) in [5.41, 5.74) is 0.768. The molecule has 0 bridgehead atoms. The zero-order valence-electron chi connectivity index (χ0n) is 17.0. The zero-order chi connectivity index (χ0) is 22.2. The fourth-order valence-electron chi connectivity index (χ4n) is 3.73. The average Bonchev–Trinajstić information content (AvgIpc) is 2.94. The van der Waals surface area contributed by atoms with Crippen molar-refractivity contribution >= 4 is 42.4 Å². The van der Waals surface area contributed by atoms with Crippen LogP contribution in [0.1, 0.15) is 12.2 Å². The van der Waals surface area contributed by atoms with Crippen LogP contribution in [-0.4, -0.2) is 58.5 Å². The highest BCUT2D eigenvalue weighted by molar-refractivity contribution is 7.91. The Kier molecular flexibility index (Phi) is 6.15. The largest absolute Gasteiger partial charge is 0.460 e. The van der Waals surface area contributed by atoms with Crippen molar-refractivity contribution < 1.29 is 21.3 Å². The number of nitrogens with zero attached hydrogens (tertiary/aromatic N) is 2. The number of hydrogen-bond acceptors (Lipinski definition) is 6. The normalized spacial score (nSPS) is 17.1. The quantitative estimate of drug-likeness (QED) is 0.554. The molecular formula is C21H23ClN2O5S2. The molecule has 0 saturated carbocycles. The topological polar surface area (TPSA) is 87.9 Å². The molecule has 10 heteroatoms. The number of hydrogen-bond donors (Lipinski definition) is 0. The second-order valence-corrected chi connectivity index (χ2v) is 12.1. The van der Waals surface area contributed by atoms with Crippen LogP contribution in [0.3, 0.4) is 0 Å². The fraction of sp³-hybridized carbons (Fsp3) is 0.333. The SMILES string of the molecule is CS(=O)(=O)c1cccc(S(=O)(=O)N2CCCN(Cc3cc4cc(Cl)ccc4o3)CC2)c1. The third kappa shape index (κ3) is 4.96. The smallest absolute Gasteiger partial charge is 0.243 e. The highest BCUT2D eigenvalue weighted by Gasteiger charge is 2.28. The Labute approximate surface area is 187 Å². The molecule has 1 fully saturated rings. The minimum absolute atomic E-state index is 0.00182. The maximum atomic E-state index is 13.1. The predicted octanol–water partition coefficient (Wildman–Crippen LogP) is 3.39. The molecular weight excluding hydrogens is 460 g/mol. The lowest BCUT2D eigenvalue weighted by molar-refractivity contribution is 0.258. The lowest BCUT2D eigenvalue weighted by Crippen LogP contribution is -2.35. The number of benzene rings is 2. The first-order valence-corrected chi connectivity index (χ1v) is 13.5. The molecule has 0 N–H and O–H groups in total. The van der Waals surface area contributed by atoms with Gasteiger partial charge in [-0.15, -0.1) is 0 Å². The summed E-state index contributed by atoms with van der Waals surface area (Å²) in [5.74, 6) is 0.800. The van der Waals surface area contributed by atoms with E-state index in [1.807, 2.05) is 18.2 Å². The van der Waals surface area contributed by atoms with Crippen LogP contribution < -0.4 is 0 Å². The van der Waals surface area contributed by atoms with E-state index in [2.05, 4.69) is 4.90 Å². The fourth-order valence-corrected chi connectivity index (χ4v) is 6.17. The van der Waals surface area contributed by atoms with Gasteiger partial charge < -0.3 is 4.42 Å². The second-order valence-electron chi connectivity index (χ2n) is 7.68. The molecule has 0 unspecified atom stereocenters. The van der Waals surface area contributed by atoms with Gasteiger partial charge in [0.25, 0.3) is 0 Å². The summed E-state index contributed by atoms with van der Waals surface area (Å²) in [6, 6.07) is 13.0. The van der Waals surface area contributed by atoms with Crippen molar-refractivity contribution in [3.05, 3.63) is 59.3 Å². The molecule has 0 spiro atoms. The predicted molar refractivity (Wildman–Crippen MR) is 119 cm³/mol. The van der Waals surface area contributed by atoms with E-state index < -0.39 is 19.9 Å². The van der Waals surface area contributed by atoms with Gasteiger partial charge >= 0.3 is 0 Å². The van der Waals surface area contributed by atoms with E-state index >= 15 is 0 Å². The van der Waals surface area contributed by atoms with Gasteiger partial charge in [-0.25, -0.2) is 16.8 Å². The molecule has 7 nitrogen and oxygen atoms in total. The maximum absolute atomic E-state index is 13.1. The van der Waals surface area contributed by atoms with Gasteiger partial charge in [0.2, 0.25) is 10.0 Å². The van der Waals surface area contributed by atoms with Gasteiger partial charge in [0.1, 0.15) is 11.3 Å². The standard InChI is InChI=1S/C21H23ClN2O5S2/c1-30(25,26)19-4-2-5-20(14-19)31(27,28)24-9-3-8-23(10-11-24)15-18-13-16-12-17(22)6-7-21(16)29-18/h2,4-7,12-14H,3,8-11,15H2,1H3.